The first kappa shape index (κ1) is 9.45. The molecular formula is C11H8N2O2. The van der Waals surface area contributed by atoms with Crippen molar-refractivity contribution in [2.75, 3.05) is 0 Å². The summed E-state index contributed by atoms with van der Waals surface area (Å²) < 4.78 is 0. The first-order valence-electron chi connectivity index (χ1n) is 4.45. The summed E-state index contributed by atoms with van der Waals surface area (Å²) in [5, 5.41) is 0. The third-order valence-corrected chi connectivity index (χ3v) is 2.10. The Morgan fingerprint density at radius 2 is 1.87 bits per heavy atom. The smallest absolute Gasteiger partial charge is 0.295 e. The van der Waals surface area contributed by atoms with Crippen LogP contribution in [0, 0.1) is 0 Å². The molecule has 74 valence electrons. The van der Waals surface area contributed by atoms with Crippen molar-refractivity contribution in [1.82, 2.24) is 0 Å². The van der Waals surface area contributed by atoms with E-state index in [9.17, 15) is 9.59 Å². The highest BCUT2D eigenvalue weighted by atomic mass is 16.2. The molecule has 0 aliphatic carbocycles. The zero-order chi connectivity index (χ0) is 10.8. The Balaban J connectivity index is 2.32. The van der Waals surface area contributed by atoms with Gasteiger partial charge in [0.1, 0.15) is 0 Å². The third kappa shape index (κ3) is 1.88. The molecule has 0 bridgehead atoms. The highest BCUT2D eigenvalue weighted by molar-refractivity contribution is 6.43. The van der Waals surface area contributed by atoms with Crippen LogP contribution in [0.1, 0.15) is 22.8 Å². The summed E-state index contributed by atoms with van der Waals surface area (Å²) in [6.07, 6.45) is 1.42. The molecule has 0 spiro atoms. The summed E-state index contributed by atoms with van der Waals surface area (Å²) in [4.78, 5) is 29.0. The fraction of sp³-hybridized carbons (Fsp3) is 0.0909. The molecule has 0 saturated heterocycles. The van der Waals surface area contributed by atoms with Crippen LogP contribution in [0.4, 0.5) is 4.79 Å². The van der Waals surface area contributed by atoms with Gasteiger partial charge in [0, 0.05) is 11.1 Å². The molecule has 4 nitrogen and oxygen atoms in total. The van der Waals surface area contributed by atoms with Gasteiger partial charge in [-0.2, -0.15) is 9.98 Å². The lowest BCUT2D eigenvalue weighted by molar-refractivity contribution is 0.101. The van der Waals surface area contributed by atoms with Crippen molar-refractivity contribution >= 4 is 23.7 Å². The number of carbonyl (C=O) groups excluding carboxylic acids is 2. The van der Waals surface area contributed by atoms with E-state index in [1.807, 2.05) is 0 Å². The maximum atomic E-state index is 11.0. The molecule has 2 rings (SSSR count). The predicted octanol–water partition coefficient (Wildman–Crippen LogP) is 1.88. The largest absolute Gasteiger partial charge is 0.367 e. The fourth-order valence-corrected chi connectivity index (χ4v) is 1.29. The summed E-state index contributed by atoms with van der Waals surface area (Å²) in [5.74, 6) is 0.0136. The average molecular weight is 200 g/mol. The Kier molecular flexibility index (Phi) is 2.25. The molecular weight excluding hydrogens is 192 g/mol. The van der Waals surface area contributed by atoms with Gasteiger partial charge < -0.3 is 0 Å². The van der Waals surface area contributed by atoms with E-state index in [1.54, 1.807) is 24.3 Å². The number of rotatable bonds is 2. The summed E-state index contributed by atoms with van der Waals surface area (Å²) in [5.41, 5.74) is 1.96. The van der Waals surface area contributed by atoms with Gasteiger partial charge in [-0.25, -0.2) is 4.79 Å². The van der Waals surface area contributed by atoms with E-state index < -0.39 is 6.03 Å². The Labute approximate surface area is 86.4 Å². The van der Waals surface area contributed by atoms with Crippen LogP contribution in [0.25, 0.3) is 0 Å². The van der Waals surface area contributed by atoms with Gasteiger partial charge in [-0.15, -0.1) is 0 Å². The minimum absolute atomic E-state index is 0.0136. The molecule has 1 aliphatic rings. The summed E-state index contributed by atoms with van der Waals surface area (Å²) in [6.45, 7) is 1.51. The summed E-state index contributed by atoms with van der Waals surface area (Å²) in [6, 6.07) is 6.43. The van der Waals surface area contributed by atoms with E-state index in [0.29, 0.717) is 11.3 Å². The second-order valence-corrected chi connectivity index (χ2v) is 3.17. The normalized spacial score (nSPS) is 14.2. The van der Waals surface area contributed by atoms with Crippen LogP contribution in [0.2, 0.25) is 0 Å². The molecule has 1 aliphatic heterocycles. The number of urea groups is 1. The van der Waals surface area contributed by atoms with Gasteiger partial charge in [0.2, 0.25) is 0 Å². The molecule has 0 atom stereocenters. The third-order valence-electron chi connectivity index (χ3n) is 2.10. The van der Waals surface area contributed by atoms with Gasteiger partial charge in [-0.1, -0.05) is 24.3 Å². The van der Waals surface area contributed by atoms with Crippen molar-refractivity contribution in [3.8, 4) is 0 Å². The number of aliphatic imine (C=N–C) groups is 2. The second kappa shape index (κ2) is 3.57. The highest BCUT2D eigenvalue weighted by Crippen LogP contribution is 2.08. The monoisotopic (exact) mass is 200 g/mol. The fourth-order valence-electron chi connectivity index (χ4n) is 1.29. The maximum absolute atomic E-state index is 11.0. The molecule has 0 radical (unpaired) electrons. The van der Waals surface area contributed by atoms with Crippen molar-refractivity contribution in [1.29, 1.82) is 0 Å². The molecule has 1 aromatic rings. The van der Waals surface area contributed by atoms with Crippen molar-refractivity contribution in [2.45, 2.75) is 6.92 Å². The average Bonchev–Trinajstić information content (AvgIpc) is 2.65. The van der Waals surface area contributed by atoms with E-state index in [4.69, 9.17) is 0 Å². The Morgan fingerprint density at radius 3 is 2.33 bits per heavy atom. The Morgan fingerprint density at radius 1 is 1.20 bits per heavy atom. The SMILES string of the molecule is CC(=O)c1ccc(C2=NC(=O)N=C2)cc1. The van der Waals surface area contributed by atoms with Crippen LogP contribution in [-0.4, -0.2) is 23.7 Å². The minimum Gasteiger partial charge on any atom is -0.295 e. The molecule has 0 aromatic heterocycles. The van der Waals surface area contributed by atoms with Crippen molar-refractivity contribution < 1.29 is 9.59 Å². The van der Waals surface area contributed by atoms with E-state index in [-0.39, 0.29) is 5.78 Å². The van der Waals surface area contributed by atoms with Gasteiger partial charge in [0.25, 0.3) is 0 Å². The molecule has 2 amide bonds. The Hall–Kier alpha value is -2.10. The summed E-state index contributed by atoms with van der Waals surface area (Å²) in [7, 11) is 0. The molecule has 1 heterocycles. The van der Waals surface area contributed by atoms with Crippen LogP contribution in [0.3, 0.4) is 0 Å². The lowest BCUT2D eigenvalue weighted by Gasteiger charge is -1.98. The first-order valence-corrected chi connectivity index (χ1v) is 4.45. The van der Waals surface area contributed by atoms with E-state index in [0.717, 1.165) is 5.56 Å². The molecule has 0 N–H and O–H groups in total. The van der Waals surface area contributed by atoms with Crippen molar-refractivity contribution in [2.24, 2.45) is 9.98 Å². The zero-order valence-corrected chi connectivity index (χ0v) is 8.10. The van der Waals surface area contributed by atoms with E-state index in [1.165, 1.54) is 13.1 Å². The van der Waals surface area contributed by atoms with Crippen LogP contribution in [-0.2, 0) is 0 Å². The number of benzene rings is 1. The molecule has 4 heteroatoms. The lowest BCUT2D eigenvalue weighted by Crippen LogP contribution is -2.00. The van der Waals surface area contributed by atoms with Gasteiger partial charge >= 0.3 is 6.03 Å². The van der Waals surface area contributed by atoms with Crippen molar-refractivity contribution in [3.63, 3.8) is 0 Å². The molecule has 0 fully saturated rings. The van der Waals surface area contributed by atoms with Gasteiger partial charge in [0.05, 0.1) is 11.9 Å². The van der Waals surface area contributed by atoms with Crippen LogP contribution in [0.15, 0.2) is 34.3 Å². The predicted molar refractivity (Wildman–Crippen MR) is 56.9 cm³/mol. The number of hydrogen-bond acceptors (Lipinski definition) is 2. The number of Topliss-reactive ketones (excluding diaryl/α,β-unsaturated/α-hetero) is 1. The highest BCUT2D eigenvalue weighted by Gasteiger charge is 2.10. The zero-order valence-electron chi connectivity index (χ0n) is 8.10. The minimum atomic E-state index is -0.486. The quantitative estimate of drug-likeness (QED) is 0.684. The van der Waals surface area contributed by atoms with E-state index in [2.05, 4.69) is 9.98 Å². The molecule has 15 heavy (non-hydrogen) atoms. The standard InChI is InChI=1S/C11H8N2O2/c1-7(14)8-2-4-9(5-3-8)10-6-12-11(15)13-10/h2-6H,1H3. The number of carbonyl (C=O) groups is 2. The van der Waals surface area contributed by atoms with Crippen LogP contribution in [0.5, 0.6) is 0 Å². The molecule has 1 aromatic carbocycles. The molecule has 0 saturated carbocycles. The van der Waals surface area contributed by atoms with Gasteiger partial charge in [-0.3, -0.25) is 4.79 Å². The van der Waals surface area contributed by atoms with Gasteiger partial charge in [-0.05, 0) is 6.92 Å². The number of nitrogens with zero attached hydrogens (tertiary/aromatic N) is 2. The number of ketones is 1. The van der Waals surface area contributed by atoms with Crippen LogP contribution >= 0.6 is 0 Å². The van der Waals surface area contributed by atoms with Gasteiger partial charge in [0.15, 0.2) is 5.78 Å². The van der Waals surface area contributed by atoms with Crippen LogP contribution < -0.4 is 0 Å². The number of amides is 2. The molecule has 0 unspecified atom stereocenters. The summed E-state index contributed by atoms with van der Waals surface area (Å²) >= 11 is 0. The number of hydrogen-bond donors (Lipinski definition) is 0. The van der Waals surface area contributed by atoms with E-state index >= 15 is 0 Å². The second-order valence-electron chi connectivity index (χ2n) is 3.17. The lowest BCUT2D eigenvalue weighted by atomic mass is 10.1. The topological polar surface area (TPSA) is 58.9 Å². The Bertz CT molecular complexity index is 484. The van der Waals surface area contributed by atoms with Crippen molar-refractivity contribution in [3.05, 3.63) is 35.4 Å². The maximum Gasteiger partial charge on any atom is 0.367 e. The first-order chi connectivity index (χ1) is 7.16.